The van der Waals surface area contributed by atoms with Crippen molar-refractivity contribution in [3.8, 4) is 5.75 Å². The van der Waals surface area contributed by atoms with E-state index in [9.17, 15) is 23.9 Å². The Hall–Kier alpha value is -3.11. The van der Waals surface area contributed by atoms with Crippen LogP contribution in [0.5, 0.6) is 5.75 Å². The van der Waals surface area contributed by atoms with Gasteiger partial charge in [-0.3, -0.25) is 24.1 Å². The molecule has 11 heteroatoms. The number of rotatable bonds is 4. The Morgan fingerprint density at radius 2 is 2.12 bits per heavy atom. The summed E-state index contributed by atoms with van der Waals surface area (Å²) < 4.78 is 21.2. The number of hydrogen-bond donors (Lipinski definition) is 2. The normalized spacial score (nSPS) is 23.4. The summed E-state index contributed by atoms with van der Waals surface area (Å²) in [6.07, 6.45) is 1.69. The van der Waals surface area contributed by atoms with Crippen LogP contribution in [0.2, 0.25) is 5.02 Å². The number of amides is 2. The lowest BCUT2D eigenvalue weighted by Crippen LogP contribution is -2.61. The summed E-state index contributed by atoms with van der Waals surface area (Å²) in [6, 6.07) is 4.34. The topological polar surface area (TPSA) is 104 Å². The van der Waals surface area contributed by atoms with E-state index < -0.39 is 28.8 Å². The molecule has 0 saturated carbocycles. The molecule has 2 amide bonds. The van der Waals surface area contributed by atoms with Crippen molar-refractivity contribution in [1.29, 1.82) is 0 Å². The second-order valence-electron chi connectivity index (χ2n) is 8.36. The fraction of sp³-hybridized carbons (Fsp3) is 0.409. The van der Waals surface area contributed by atoms with Crippen molar-refractivity contribution < 1.29 is 23.8 Å². The molecule has 3 atom stereocenters. The van der Waals surface area contributed by atoms with Crippen molar-refractivity contribution in [2.45, 2.75) is 32.1 Å². The van der Waals surface area contributed by atoms with Gasteiger partial charge in [0.2, 0.25) is 5.43 Å². The van der Waals surface area contributed by atoms with Crippen LogP contribution in [-0.2, 0) is 11.3 Å². The van der Waals surface area contributed by atoms with E-state index in [0.29, 0.717) is 26.2 Å². The van der Waals surface area contributed by atoms with E-state index in [4.69, 9.17) is 16.3 Å². The first-order chi connectivity index (χ1) is 15.8. The fourth-order valence-electron chi connectivity index (χ4n) is 4.99. The quantitative estimate of drug-likeness (QED) is 0.692. The Kier molecular flexibility index (Phi) is 5.29. The van der Waals surface area contributed by atoms with Crippen LogP contribution in [0.3, 0.4) is 0 Å². The van der Waals surface area contributed by atoms with Gasteiger partial charge in [-0.05, 0) is 19.4 Å². The lowest BCUT2D eigenvalue weighted by Gasteiger charge is -2.44. The van der Waals surface area contributed by atoms with Crippen LogP contribution in [0.1, 0.15) is 39.8 Å². The molecule has 2 fully saturated rings. The fourth-order valence-corrected chi connectivity index (χ4v) is 5.19. The third-order valence-corrected chi connectivity index (χ3v) is 6.91. The van der Waals surface area contributed by atoms with Gasteiger partial charge in [0.15, 0.2) is 11.4 Å². The molecule has 3 aliphatic rings. The highest BCUT2D eigenvalue weighted by molar-refractivity contribution is 6.30. The number of carbonyl (C=O) groups excluding carboxylic acids is 2. The summed E-state index contributed by atoms with van der Waals surface area (Å²) in [5, 5.41) is 15.0. The van der Waals surface area contributed by atoms with E-state index in [1.807, 2.05) is 11.9 Å². The lowest BCUT2D eigenvalue weighted by molar-refractivity contribution is 0.0568. The molecule has 0 aliphatic carbocycles. The van der Waals surface area contributed by atoms with Crippen LogP contribution in [-0.4, -0.2) is 58.5 Å². The van der Waals surface area contributed by atoms with Crippen molar-refractivity contribution in [3.05, 3.63) is 62.3 Å². The number of carbonyl (C=O) groups is 2. The van der Waals surface area contributed by atoms with E-state index in [-0.39, 0.29) is 46.5 Å². The molecule has 0 radical (unpaired) electrons. The highest BCUT2D eigenvalue weighted by Gasteiger charge is 2.52. The maximum atomic E-state index is 14.2. The number of nitrogens with one attached hydrogen (secondary N) is 1. The SMILES string of the molecule is CCN1C(=O)c2c(O)c(=O)c(C(=O)NCc3cccc(Cl)c3F)cn2N2[C@H]3COC[C@H]3C[C@@H]12. The van der Waals surface area contributed by atoms with Crippen molar-refractivity contribution in [2.75, 3.05) is 24.8 Å². The third-order valence-electron chi connectivity index (χ3n) is 6.62. The Labute approximate surface area is 193 Å². The number of fused-ring (bicyclic) bond motifs is 5. The highest BCUT2D eigenvalue weighted by atomic mass is 35.5. The Morgan fingerprint density at radius 1 is 1.33 bits per heavy atom. The standard InChI is InChI=1S/C22H22ClFN4O5/c1-2-26-16-6-12-9-33-10-15(12)28(16)27-8-13(19(29)20(30)18(27)22(26)32)21(31)25-7-11-4-3-5-14(23)17(11)24/h3-5,8,12,15-16,30H,2,6-7,9-10H2,1H3,(H,25,31)/t12-,15+,16+/m1/s1. The van der Waals surface area contributed by atoms with Gasteiger partial charge in [-0.1, -0.05) is 23.7 Å². The maximum absolute atomic E-state index is 14.2. The van der Waals surface area contributed by atoms with Gasteiger partial charge in [-0.25, -0.2) is 4.39 Å². The molecule has 1 aromatic heterocycles. The van der Waals surface area contributed by atoms with E-state index in [0.717, 1.165) is 0 Å². The van der Waals surface area contributed by atoms with Crippen molar-refractivity contribution >= 4 is 23.4 Å². The first kappa shape index (κ1) is 21.7. The van der Waals surface area contributed by atoms with Crippen molar-refractivity contribution in [1.82, 2.24) is 14.9 Å². The van der Waals surface area contributed by atoms with Crippen molar-refractivity contribution in [2.24, 2.45) is 5.92 Å². The van der Waals surface area contributed by atoms with E-state index >= 15 is 0 Å². The highest BCUT2D eigenvalue weighted by Crippen LogP contribution is 2.39. The Morgan fingerprint density at radius 3 is 2.88 bits per heavy atom. The smallest absolute Gasteiger partial charge is 0.278 e. The largest absolute Gasteiger partial charge is 0.502 e. The summed E-state index contributed by atoms with van der Waals surface area (Å²) >= 11 is 5.78. The minimum Gasteiger partial charge on any atom is -0.502 e. The van der Waals surface area contributed by atoms with E-state index in [2.05, 4.69) is 5.32 Å². The molecule has 33 heavy (non-hydrogen) atoms. The number of hydrogen-bond acceptors (Lipinski definition) is 6. The molecule has 5 rings (SSSR count). The van der Waals surface area contributed by atoms with E-state index in [1.165, 1.54) is 23.0 Å². The predicted molar refractivity (Wildman–Crippen MR) is 116 cm³/mol. The molecule has 0 bridgehead atoms. The molecule has 2 saturated heterocycles. The zero-order chi connectivity index (χ0) is 23.4. The monoisotopic (exact) mass is 476 g/mol. The predicted octanol–water partition coefficient (Wildman–Crippen LogP) is 1.43. The second kappa shape index (κ2) is 8.03. The van der Waals surface area contributed by atoms with Crippen LogP contribution >= 0.6 is 11.6 Å². The number of aromatic nitrogens is 1. The van der Waals surface area contributed by atoms with Gasteiger partial charge >= 0.3 is 0 Å². The van der Waals surface area contributed by atoms with Crippen LogP contribution < -0.4 is 15.8 Å². The zero-order valence-electron chi connectivity index (χ0n) is 17.8. The summed E-state index contributed by atoms with van der Waals surface area (Å²) in [4.78, 5) is 40.5. The summed E-state index contributed by atoms with van der Waals surface area (Å²) in [6.45, 7) is 3.03. The van der Waals surface area contributed by atoms with Gasteiger partial charge < -0.3 is 20.1 Å². The molecular formula is C22H22ClFN4O5. The van der Waals surface area contributed by atoms with Gasteiger partial charge in [-0.15, -0.1) is 0 Å². The third kappa shape index (κ3) is 3.27. The minimum atomic E-state index is -0.966. The maximum Gasteiger partial charge on any atom is 0.278 e. The summed E-state index contributed by atoms with van der Waals surface area (Å²) in [5.74, 6) is -2.54. The average Bonchev–Trinajstić information content (AvgIpc) is 3.38. The zero-order valence-corrected chi connectivity index (χ0v) is 18.5. The van der Waals surface area contributed by atoms with Crippen LogP contribution in [0.4, 0.5) is 4.39 Å². The van der Waals surface area contributed by atoms with Crippen LogP contribution in [0.15, 0.2) is 29.2 Å². The van der Waals surface area contributed by atoms with E-state index in [1.54, 1.807) is 11.0 Å². The number of ether oxygens (including phenoxy) is 1. The van der Waals surface area contributed by atoms with Gasteiger partial charge in [-0.2, -0.15) is 0 Å². The first-order valence-corrected chi connectivity index (χ1v) is 11.1. The Bertz CT molecular complexity index is 1220. The number of pyridine rings is 1. The molecule has 1 aromatic carbocycles. The molecule has 174 valence electrons. The average molecular weight is 477 g/mol. The van der Waals surface area contributed by atoms with Gasteiger partial charge in [0.05, 0.1) is 24.3 Å². The Balaban J connectivity index is 1.53. The number of nitrogens with zero attached hydrogens (tertiary/aromatic N) is 3. The molecule has 3 aliphatic heterocycles. The molecule has 4 heterocycles. The molecule has 2 aromatic rings. The molecule has 9 nitrogen and oxygen atoms in total. The number of halogens is 2. The summed E-state index contributed by atoms with van der Waals surface area (Å²) in [7, 11) is 0. The molecular weight excluding hydrogens is 455 g/mol. The minimum absolute atomic E-state index is 0.0609. The number of benzene rings is 1. The van der Waals surface area contributed by atoms with Gasteiger partial charge in [0.1, 0.15) is 17.5 Å². The molecule has 0 unspecified atom stereocenters. The van der Waals surface area contributed by atoms with Crippen LogP contribution in [0, 0.1) is 11.7 Å². The second-order valence-corrected chi connectivity index (χ2v) is 8.77. The van der Waals surface area contributed by atoms with Gasteiger partial charge in [0, 0.05) is 30.8 Å². The lowest BCUT2D eigenvalue weighted by atomic mass is 10.0. The molecule has 0 spiro atoms. The van der Waals surface area contributed by atoms with Gasteiger partial charge in [0.25, 0.3) is 11.8 Å². The van der Waals surface area contributed by atoms with Crippen LogP contribution in [0.25, 0.3) is 0 Å². The summed E-state index contributed by atoms with van der Waals surface area (Å²) in [5.41, 5.74) is -1.34. The first-order valence-electron chi connectivity index (χ1n) is 10.7. The van der Waals surface area contributed by atoms with Crippen molar-refractivity contribution in [3.63, 3.8) is 0 Å². The molecule has 2 N–H and O–H groups in total. The number of aromatic hydroxyl groups is 1.